The van der Waals surface area contributed by atoms with E-state index in [1.54, 1.807) is 43.5 Å². The molecular weight excluding hydrogens is 428 g/mol. The summed E-state index contributed by atoms with van der Waals surface area (Å²) >= 11 is 1.54. The van der Waals surface area contributed by atoms with Gasteiger partial charge in [-0.05, 0) is 62.6 Å². The molecule has 0 aliphatic carbocycles. The zero-order valence-corrected chi connectivity index (χ0v) is 18.8. The predicted octanol–water partition coefficient (Wildman–Crippen LogP) is 2.05. The minimum atomic E-state index is -3.51. The molecule has 1 atom stereocenters. The fourth-order valence-corrected chi connectivity index (χ4v) is 3.78. The van der Waals surface area contributed by atoms with Crippen LogP contribution >= 0.6 is 11.8 Å². The van der Waals surface area contributed by atoms with Gasteiger partial charge in [-0.15, -0.1) is 0 Å². The average Bonchev–Trinajstić information content (AvgIpc) is 3.22. The highest BCUT2D eigenvalue weighted by atomic mass is 32.2. The number of anilines is 1. The highest BCUT2D eigenvalue weighted by Gasteiger charge is 2.23. The summed E-state index contributed by atoms with van der Waals surface area (Å²) in [5, 5.41) is 6.91. The number of hydrogen-bond acceptors (Lipinski definition) is 7. The molecule has 0 saturated carbocycles. The van der Waals surface area contributed by atoms with Crippen molar-refractivity contribution in [3.63, 3.8) is 0 Å². The SMILES string of the molecule is CCOC(=O)c1ccn(-c2ccc(NC(=O)C(CCSC)NS(=O)(=O)CC)cc2)n1. The molecule has 0 saturated heterocycles. The van der Waals surface area contributed by atoms with Crippen LogP contribution < -0.4 is 10.0 Å². The van der Waals surface area contributed by atoms with Crippen LogP contribution in [0, 0.1) is 0 Å². The first kappa shape index (κ1) is 23.9. The van der Waals surface area contributed by atoms with Gasteiger partial charge in [0.2, 0.25) is 15.9 Å². The number of thioether (sulfide) groups is 1. The Bertz CT molecular complexity index is 958. The van der Waals surface area contributed by atoms with Crippen molar-refractivity contribution in [2.75, 3.05) is 29.7 Å². The van der Waals surface area contributed by atoms with E-state index in [-0.39, 0.29) is 18.1 Å². The molecule has 0 aliphatic heterocycles. The Kier molecular flexibility index (Phi) is 8.88. The number of carbonyl (C=O) groups excluding carboxylic acids is 2. The van der Waals surface area contributed by atoms with Crippen molar-refractivity contribution >= 4 is 39.3 Å². The zero-order chi connectivity index (χ0) is 22.1. The van der Waals surface area contributed by atoms with E-state index in [9.17, 15) is 18.0 Å². The second-order valence-corrected chi connectivity index (χ2v) is 9.29. The summed E-state index contributed by atoms with van der Waals surface area (Å²) in [4.78, 5) is 24.3. The van der Waals surface area contributed by atoms with E-state index < -0.39 is 27.9 Å². The molecule has 1 heterocycles. The molecule has 9 nitrogen and oxygen atoms in total. The summed E-state index contributed by atoms with van der Waals surface area (Å²) < 4.78 is 32.7. The lowest BCUT2D eigenvalue weighted by Crippen LogP contribution is -2.44. The Labute approximate surface area is 180 Å². The third-order valence-electron chi connectivity index (χ3n) is 4.10. The van der Waals surface area contributed by atoms with E-state index in [1.165, 1.54) is 23.4 Å². The maximum atomic E-state index is 12.6. The number of carbonyl (C=O) groups is 2. The highest BCUT2D eigenvalue weighted by molar-refractivity contribution is 7.98. The summed E-state index contributed by atoms with van der Waals surface area (Å²) in [6, 6.07) is 7.53. The number of aromatic nitrogens is 2. The molecule has 11 heteroatoms. The lowest BCUT2D eigenvalue weighted by molar-refractivity contribution is -0.117. The van der Waals surface area contributed by atoms with Gasteiger partial charge in [-0.1, -0.05) is 0 Å². The van der Waals surface area contributed by atoms with E-state index in [0.717, 1.165) is 0 Å². The van der Waals surface area contributed by atoms with Crippen LogP contribution in [0.2, 0.25) is 0 Å². The Morgan fingerprint density at radius 1 is 1.20 bits per heavy atom. The van der Waals surface area contributed by atoms with Gasteiger partial charge in [0, 0.05) is 11.9 Å². The number of nitrogens with zero attached hydrogens (tertiary/aromatic N) is 2. The summed E-state index contributed by atoms with van der Waals surface area (Å²) in [6.45, 7) is 3.51. The zero-order valence-electron chi connectivity index (χ0n) is 17.1. The van der Waals surface area contributed by atoms with Crippen LogP contribution in [0.4, 0.5) is 5.69 Å². The third-order valence-corrected chi connectivity index (χ3v) is 6.15. The van der Waals surface area contributed by atoms with Crippen molar-refractivity contribution in [3.05, 3.63) is 42.2 Å². The summed E-state index contributed by atoms with van der Waals surface area (Å²) in [7, 11) is -3.51. The molecule has 2 N–H and O–H groups in total. The van der Waals surface area contributed by atoms with Gasteiger partial charge in [-0.2, -0.15) is 16.9 Å². The first-order chi connectivity index (χ1) is 14.3. The van der Waals surface area contributed by atoms with Crippen molar-refractivity contribution in [1.82, 2.24) is 14.5 Å². The molecule has 1 aromatic heterocycles. The number of benzene rings is 1. The molecule has 30 heavy (non-hydrogen) atoms. The second-order valence-electron chi connectivity index (χ2n) is 6.26. The van der Waals surface area contributed by atoms with Crippen LogP contribution in [-0.2, 0) is 19.6 Å². The van der Waals surface area contributed by atoms with Gasteiger partial charge in [-0.25, -0.2) is 22.6 Å². The lowest BCUT2D eigenvalue weighted by Gasteiger charge is -2.18. The standard InChI is InChI=1S/C19H26N4O5S2/c1-4-28-19(25)17-10-12-23(21-17)15-8-6-14(7-9-15)20-18(24)16(11-13-29-3)22-30(26,27)5-2/h6-10,12,16,22H,4-5,11,13H2,1-3H3,(H,20,24). The molecule has 0 radical (unpaired) electrons. The molecule has 0 aliphatic rings. The predicted molar refractivity (Wildman–Crippen MR) is 118 cm³/mol. The van der Waals surface area contributed by atoms with Gasteiger partial charge in [0.15, 0.2) is 5.69 Å². The van der Waals surface area contributed by atoms with Crippen molar-refractivity contribution in [2.24, 2.45) is 0 Å². The Hall–Kier alpha value is -2.37. The molecule has 164 valence electrons. The van der Waals surface area contributed by atoms with Crippen LogP contribution in [0.5, 0.6) is 0 Å². The monoisotopic (exact) mass is 454 g/mol. The van der Waals surface area contributed by atoms with Crippen LogP contribution in [0.3, 0.4) is 0 Å². The minimum Gasteiger partial charge on any atom is -0.461 e. The maximum Gasteiger partial charge on any atom is 0.358 e. The quantitative estimate of drug-likeness (QED) is 0.499. The number of amides is 1. The molecule has 2 aromatic rings. The first-order valence-corrected chi connectivity index (χ1v) is 12.5. The Balaban J connectivity index is 2.08. The number of sulfonamides is 1. The van der Waals surface area contributed by atoms with Gasteiger partial charge in [0.25, 0.3) is 0 Å². The van der Waals surface area contributed by atoms with Crippen molar-refractivity contribution in [3.8, 4) is 5.69 Å². The Morgan fingerprint density at radius 3 is 2.50 bits per heavy atom. The summed E-state index contributed by atoms with van der Waals surface area (Å²) in [5.74, 6) is -0.364. The maximum absolute atomic E-state index is 12.6. The highest BCUT2D eigenvalue weighted by Crippen LogP contribution is 2.15. The molecule has 1 amide bonds. The van der Waals surface area contributed by atoms with Crippen LogP contribution in [-0.4, -0.2) is 60.5 Å². The number of esters is 1. The van der Waals surface area contributed by atoms with E-state index in [1.807, 2.05) is 6.26 Å². The van der Waals surface area contributed by atoms with Crippen molar-refractivity contribution in [1.29, 1.82) is 0 Å². The number of ether oxygens (including phenoxy) is 1. The number of nitrogens with one attached hydrogen (secondary N) is 2. The molecular formula is C19H26N4O5S2. The van der Waals surface area contributed by atoms with Crippen molar-refractivity contribution in [2.45, 2.75) is 26.3 Å². The van der Waals surface area contributed by atoms with Gasteiger partial charge in [-0.3, -0.25) is 4.79 Å². The molecule has 0 spiro atoms. The van der Waals surface area contributed by atoms with Crippen LogP contribution in [0.15, 0.2) is 36.5 Å². The number of rotatable bonds is 11. The molecule has 0 fully saturated rings. The normalized spacial score (nSPS) is 12.4. The van der Waals surface area contributed by atoms with Crippen molar-refractivity contribution < 1.29 is 22.7 Å². The average molecular weight is 455 g/mol. The van der Waals surface area contributed by atoms with Gasteiger partial charge >= 0.3 is 5.97 Å². The van der Waals surface area contributed by atoms with Crippen LogP contribution in [0.25, 0.3) is 5.69 Å². The minimum absolute atomic E-state index is 0.0948. The van der Waals surface area contributed by atoms with Gasteiger partial charge in [0.1, 0.15) is 6.04 Å². The third kappa shape index (κ3) is 6.85. The fraction of sp³-hybridized carbons (Fsp3) is 0.421. The molecule has 1 unspecified atom stereocenters. The summed E-state index contributed by atoms with van der Waals surface area (Å²) in [5.41, 5.74) is 1.41. The Morgan fingerprint density at radius 2 is 1.90 bits per heavy atom. The largest absolute Gasteiger partial charge is 0.461 e. The molecule has 1 aromatic carbocycles. The lowest BCUT2D eigenvalue weighted by atomic mass is 10.2. The molecule has 0 bridgehead atoms. The molecule has 2 rings (SSSR count). The smallest absolute Gasteiger partial charge is 0.358 e. The van der Waals surface area contributed by atoms with E-state index >= 15 is 0 Å². The summed E-state index contributed by atoms with van der Waals surface area (Å²) in [6.07, 6.45) is 3.91. The fourth-order valence-electron chi connectivity index (χ4n) is 2.49. The van der Waals surface area contributed by atoms with Crippen LogP contribution in [0.1, 0.15) is 30.8 Å². The second kappa shape index (κ2) is 11.1. The topological polar surface area (TPSA) is 119 Å². The van der Waals surface area contributed by atoms with Gasteiger partial charge in [0.05, 0.1) is 18.0 Å². The first-order valence-electron chi connectivity index (χ1n) is 9.42. The van der Waals surface area contributed by atoms with E-state index in [4.69, 9.17) is 4.74 Å². The number of hydrogen-bond donors (Lipinski definition) is 2. The van der Waals surface area contributed by atoms with Gasteiger partial charge < -0.3 is 10.1 Å². The van der Waals surface area contributed by atoms with E-state index in [0.29, 0.717) is 23.5 Å². The van der Waals surface area contributed by atoms with E-state index in [2.05, 4.69) is 15.1 Å².